The molecule has 0 unspecified atom stereocenters. The number of piperazine rings is 1. The molecule has 2 heterocycles. The summed E-state index contributed by atoms with van der Waals surface area (Å²) in [6.45, 7) is 8.92. The Morgan fingerprint density at radius 1 is 0.921 bits per heavy atom. The number of pyridine rings is 1. The predicted molar refractivity (Wildman–Crippen MR) is 144 cm³/mol. The van der Waals surface area contributed by atoms with Gasteiger partial charge in [-0.3, -0.25) is 19.2 Å². The first-order chi connectivity index (χ1) is 18.1. The van der Waals surface area contributed by atoms with Gasteiger partial charge < -0.3 is 19.9 Å². The summed E-state index contributed by atoms with van der Waals surface area (Å²) in [5, 5.41) is 2.80. The first kappa shape index (κ1) is 28.8. The molecule has 1 saturated heterocycles. The zero-order valence-corrected chi connectivity index (χ0v) is 22.7. The van der Waals surface area contributed by atoms with Gasteiger partial charge in [0.15, 0.2) is 0 Å². The number of carbonyl (C=O) groups excluding carboxylic acids is 4. The van der Waals surface area contributed by atoms with Crippen molar-refractivity contribution >= 4 is 23.7 Å². The summed E-state index contributed by atoms with van der Waals surface area (Å²) in [7, 11) is 0. The molecule has 3 amide bonds. The Balaban J connectivity index is 1.72. The second kappa shape index (κ2) is 13.2. The van der Waals surface area contributed by atoms with Gasteiger partial charge in [-0.05, 0) is 45.7 Å². The van der Waals surface area contributed by atoms with Crippen LogP contribution in [0, 0.1) is 0 Å². The van der Waals surface area contributed by atoms with Crippen molar-refractivity contribution in [1.82, 2.24) is 20.1 Å². The smallest absolute Gasteiger partial charge is 0.306 e. The molecule has 1 aliphatic rings. The van der Waals surface area contributed by atoms with E-state index in [9.17, 15) is 19.2 Å². The monoisotopic (exact) mass is 522 g/mol. The molecule has 0 saturated carbocycles. The number of rotatable bonds is 9. The van der Waals surface area contributed by atoms with Crippen LogP contribution in [0.4, 0.5) is 0 Å². The Bertz CT molecular complexity index is 1120. The third kappa shape index (κ3) is 8.39. The Kier molecular flexibility index (Phi) is 9.98. The van der Waals surface area contributed by atoms with Gasteiger partial charge in [-0.25, -0.2) is 4.98 Å². The van der Waals surface area contributed by atoms with E-state index in [4.69, 9.17) is 4.74 Å². The van der Waals surface area contributed by atoms with Crippen molar-refractivity contribution in [3.8, 4) is 11.3 Å². The fourth-order valence-electron chi connectivity index (χ4n) is 4.24. The fraction of sp³-hybridized carbons (Fsp3) is 0.483. The van der Waals surface area contributed by atoms with E-state index in [-0.39, 0.29) is 30.3 Å². The lowest BCUT2D eigenvalue weighted by Crippen LogP contribution is -2.56. The van der Waals surface area contributed by atoms with Gasteiger partial charge in [0.1, 0.15) is 17.3 Å². The minimum absolute atomic E-state index is 0.0274. The summed E-state index contributed by atoms with van der Waals surface area (Å²) >= 11 is 0. The average molecular weight is 523 g/mol. The number of carbonyl (C=O) groups is 4. The number of hydrogen-bond donors (Lipinski definition) is 1. The molecule has 1 aromatic heterocycles. The lowest BCUT2D eigenvalue weighted by molar-refractivity contribution is -0.155. The van der Waals surface area contributed by atoms with E-state index >= 15 is 0 Å². The van der Waals surface area contributed by atoms with Crippen molar-refractivity contribution in [2.24, 2.45) is 0 Å². The second-order valence-corrected chi connectivity index (χ2v) is 10.4. The Morgan fingerprint density at radius 3 is 2.21 bits per heavy atom. The van der Waals surface area contributed by atoms with E-state index in [1.165, 1.54) is 0 Å². The quantitative estimate of drug-likeness (QED) is 0.506. The molecule has 1 aliphatic heterocycles. The van der Waals surface area contributed by atoms with E-state index in [1.54, 1.807) is 42.7 Å². The van der Waals surface area contributed by atoms with Crippen LogP contribution in [0.1, 0.15) is 63.9 Å². The van der Waals surface area contributed by atoms with Gasteiger partial charge in [-0.2, -0.15) is 0 Å². The summed E-state index contributed by atoms with van der Waals surface area (Å²) in [6.07, 6.45) is 1.32. The van der Waals surface area contributed by atoms with Crippen molar-refractivity contribution < 1.29 is 23.9 Å². The van der Waals surface area contributed by atoms with Gasteiger partial charge in [0.25, 0.3) is 5.91 Å². The molecule has 1 atom stereocenters. The molecule has 204 valence electrons. The minimum Gasteiger partial charge on any atom is -0.460 e. The molecule has 3 rings (SSSR count). The molecule has 1 aromatic carbocycles. The van der Waals surface area contributed by atoms with Crippen molar-refractivity contribution in [3.05, 3.63) is 54.2 Å². The highest BCUT2D eigenvalue weighted by Crippen LogP contribution is 2.17. The lowest BCUT2D eigenvalue weighted by Gasteiger charge is -2.36. The van der Waals surface area contributed by atoms with Crippen LogP contribution in [0.15, 0.2) is 48.5 Å². The largest absolute Gasteiger partial charge is 0.460 e. The molecule has 0 bridgehead atoms. The first-order valence-electron chi connectivity index (χ1n) is 13.2. The molecule has 9 heteroatoms. The second-order valence-electron chi connectivity index (χ2n) is 10.4. The van der Waals surface area contributed by atoms with Gasteiger partial charge in [0.2, 0.25) is 11.8 Å². The van der Waals surface area contributed by atoms with Crippen molar-refractivity contribution in [1.29, 1.82) is 0 Å². The van der Waals surface area contributed by atoms with Crippen LogP contribution in [0.5, 0.6) is 0 Å². The summed E-state index contributed by atoms with van der Waals surface area (Å²) < 4.78 is 5.40. The van der Waals surface area contributed by atoms with Crippen molar-refractivity contribution in [2.75, 3.05) is 26.2 Å². The zero-order chi connectivity index (χ0) is 27.7. The highest BCUT2D eigenvalue weighted by molar-refractivity contribution is 5.96. The molecule has 9 nitrogen and oxygen atoms in total. The van der Waals surface area contributed by atoms with Crippen molar-refractivity contribution in [3.63, 3.8) is 0 Å². The number of esters is 1. The van der Waals surface area contributed by atoms with Gasteiger partial charge >= 0.3 is 5.97 Å². The maximum atomic E-state index is 13.5. The first-order valence-corrected chi connectivity index (χ1v) is 13.2. The molecular formula is C29H38N4O5. The number of aromatic nitrogens is 1. The predicted octanol–water partition coefficient (Wildman–Crippen LogP) is 3.44. The number of nitrogens with zero attached hydrogens (tertiary/aromatic N) is 3. The molecule has 1 N–H and O–H groups in total. The third-order valence-corrected chi connectivity index (χ3v) is 6.12. The Hall–Kier alpha value is -3.75. The van der Waals surface area contributed by atoms with Crippen LogP contribution in [-0.4, -0.2) is 76.3 Å². The minimum atomic E-state index is -0.935. The highest BCUT2D eigenvalue weighted by Gasteiger charge is 2.31. The van der Waals surface area contributed by atoms with Crippen LogP contribution in [0.2, 0.25) is 0 Å². The maximum absolute atomic E-state index is 13.5. The maximum Gasteiger partial charge on any atom is 0.306 e. The van der Waals surface area contributed by atoms with E-state index in [0.717, 1.165) is 12.0 Å². The Labute approximate surface area is 224 Å². The number of ether oxygens (including phenoxy) is 1. The van der Waals surface area contributed by atoms with Crippen LogP contribution in [-0.2, 0) is 19.1 Å². The van der Waals surface area contributed by atoms with E-state index in [2.05, 4.69) is 10.3 Å². The number of nitrogens with one attached hydrogen (secondary N) is 1. The zero-order valence-electron chi connectivity index (χ0n) is 22.7. The standard InChI is InChI=1S/C29H38N4O5/c1-5-10-25(34)32-17-19-33(20-18-32)28(37)24(15-16-26(35)38-29(2,3)4)31-27(36)23-14-9-13-22(30-23)21-11-7-6-8-12-21/h6-9,11-14,24H,5,10,15-20H2,1-4H3,(H,31,36)/t24-/m0/s1. The average Bonchev–Trinajstić information content (AvgIpc) is 2.90. The molecular weight excluding hydrogens is 484 g/mol. The summed E-state index contributed by atoms with van der Waals surface area (Å²) in [4.78, 5) is 59.2. The van der Waals surface area contributed by atoms with E-state index in [1.807, 2.05) is 43.3 Å². The topological polar surface area (TPSA) is 109 Å². The highest BCUT2D eigenvalue weighted by atomic mass is 16.6. The molecule has 0 radical (unpaired) electrons. The van der Waals surface area contributed by atoms with Crippen LogP contribution < -0.4 is 5.32 Å². The summed E-state index contributed by atoms with van der Waals surface area (Å²) in [6, 6.07) is 13.7. The number of hydrogen-bond acceptors (Lipinski definition) is 6. The molecule has 0 spiro atoms. The fourth-order valence-corrected chi connectivity index (χ4v) is 4.24. The lowest BCUT2D eigenvalue weighted by atomic mass is 10.1. The van der Waals surface area contributed by atoms with E-state index < -0.39 is 23.5 Å². The summed E-state index contributed by atoms with van der Waals surface area (Å²) in [5.74, 6) is -1.15. The molecule has 0 aliphatic carbocycles. The molecule has 1 fully saturated rings. The van der Waals surface area contributed by atoms with Gasteiger partial charge in [0.05, 0.1) is 5.69 Å². The van der Waals surface area contributed by atoms with Gasteiger partial charge in [-0.15, -0.1) is 0 Å². The van der Waals surface area contributed by atoms with Gasteiger partial charge in [0, 0.05) is 44.6 Å². The SMILES string of the molecule is CCCC(=O)N1CCN(C(=O)[C@H](CCC(=O)OC(C)(C)C)NC(=O)c2cccc(-c3ccccc3)n2)CC1. The normalized spacial score (nSPS) is 14.5. The van der Waals surface area contributed by atoms with Crippen molar-refractivity contribution in [2.45, 2.75) is 65.0 Å². The van der Waals surface area contributed by atoms with Crippen LogP contribution in [0.25, 0.3) is 11.3 Å². The summed E-state index contributed by atoms with van der Waals surface area (Å²) in [5.41, 5.74) is 1.04. The van der Waals surface area contributed by atoms with Crippen LogP contribution >= 0.6 is 0 Å². The Morgan fingerprint density at radius 2 is 1.58 bits per heavy atom. The molecule has 2 aromatic rings. The molecule has 38 heavy (non-hydrogen) atoms. The number of benzene rings is 1. The number of amides is 3. The van der Waals surface area contributed by atoms with Crippen LogP contribution in [0.3, 0.4) is 0 Å². The third-order valence-electron chi connectivity index (χ3n) is 6.12. The van der Waals surface area contributed by atoms with Gasteiger partial charge in [-0.1, -0.05) is 43.3 Å². The van der Waals surface area contributed by atoms with E-state index in [0.29, 0.717) is 38.3 Å².